The molecule has 216 valence electrons. The van der Waals surface area contributed by atoms with Crippen LogP contribution in [0.25, 0.3) is 27.1 Å². The number of carbonyl (C=O) groups excluding carboxylic acids is 1. The number of ether oxygens (including phenoxy) is 1. The van der Waals surface area contributed by atoms with Crippen molar-refractivity contribution in [3.05, 3.63) is 83.6 Å². The fourth-order valence-corrected chi connectivity index (χ4v) is 5.16. The van der Waals surface area contributed by atoms with Crippen molar-refractivity contribution >= 4 is 22.8 Å². The second-order valence-electron chi connectivity index (χ2n) is 11.3. The molecule has 2 N–H and O–H groups in total. The van der Waals surface area contributed by atoms with Crippen LogP contribution in [-0.2, 0) is 4.79 Å². The summed E-state index contributed by atoms with van der Waals surface area (Å²) in [6.45, 7) is 14.7. The molecular weight excluding hydrogens is 528 g/mol. The zero-order valence-electron chi connectivity index (χ0n) is 24.7. The summed E-state index contributed by atoms with van der Waals surface area (Å²) < 4.78 is 7.82. The number of rotatable bonds is 7. The number of benzene rings is 2. The van der Waals surface area contributed by atoms with Gasteiger partial charge in [0.15, 0.2) is 5.65 Å². The molecule has 0 aliphatic carbocycles. The number of para-hydroxylation sites is 1. The van der Waals surface area contributed by atoms with Crippen molar-refractivity contribution in [1.29, 1.82) is 0 Å². The summed E-state index contributed by atoms with van der Waals surface area (Å²) in [5.41, 5.74) is 8.99. The largest absolute Gasteiger partial charge is 0.457 e. The SMILES string of the molecule is [C-]#[N+]/C(C(=O)N1CCC[C@@H](n2nc(-c3ccc(Oc4ccccc4)cc3)c3c(N)ncnc32)C1)=C(/C)C(C)(C)N(C)C. The van der Waals surface area contributed by atoms with Gasteiger partial charge in [0.05, 0.1) is 18.0 Å². The Morgan fingerprint density at radius 1 is 1.10 bits per heavy atom. The second kappa shape index (κ2) is 11.6. The minimum Gasteiger partial charge on any atom is -0.457 e. The van der Waals surface area contributed by atoms with Crippen molar-refractivity contribution in [2.24, 2.45) is 0 Å². The smallest absolute Gasteiger partial charge is 0.252 e. The van der Waals surface area contributed by atoms with Gasteiger partial charge in [-0.15, -0.1) is 0 Å². The fraction of sp³-hybridized carbons (Fsp3) is 0.344. The highest BCUT2D eigenvalue weighted by atomic mass is 16.5. The molecule has 1 aliphatic rings. The van der Waals surface area contributed by atoms with Gasteiger partial charge in [0.1, 0.15) is 29.3 Å². The third kappa shape index (κ3) is 5.43. The van der Waals surface area contributed by atoms with Crippen LogP contribution < -0.4 is 10.5 Å². The number of hydrogen-bond donors (Lipinski definition) is 1. The molecule has 4 aromatic rings. The Bertz CT molecular complexity index is 1670. The van der Waals surface area contributed by atoms with E-state index >= 15 is 0 Å². The van der Waals surface area contributed by atoms with Crippen LogP contribution in [0, 0.1) is 6.57 Å². The van der Waals surface area contributed by atoms with E-state index in [1.807, 2.05) is 99.0 Å². The topological polar surface area (TPSA) is 107 Å². The van der Waals surface area contributed by atoms with Gasteiger partial charge in [0.25, 0.3) is 11.6 Å². The number of anilines is 1. The van der Waals surface area contributed by atoms with Crippen molar-refractivity contribution in [2.45, 2.75) is 45.2 Å². The number of amides is 1. The lowest BCUT2D eigenvalue weighted by Gasteiger charge is -2.36. The Labute approximate surface area is 246 Å². The molecule has 0 bridgehead atoms. The van der Waals surface area contributed by atoms with Crippen LogP contribution in [0.4, 0.5) is 5.82 Å². The number of nitrogens with two attached hydrogens (primary N) is 1. The molecule has 1 amide bonds. The maximum absolute atomic E-state index is 13.7. The highest BCUT2D eigenvalue weighted by molar-refractivity contribution is 5.98. The van der Waals surface area contributed by atoms with Crippen molar-refractivity contribution in [3.63, 3.8) is 0 Å². The van der Waals surface area contributed by atoms with Gasteiger partial charge in [-0.3, -0.25) is 4.79 Å². The molecule has 10 nitrogen and oxygen atoms in total. The predicted molar refractivity (Wildman–Crippen MR) is 164 cm³/mol. The summed E-state index contributed by atoms with van der Waals surface area (Å²) in [6, 6.07) is 17.1. The van der Waals surface area contributed by atoms with Gasteiger partial charge in [-0.05, 0) is 82.8 Å². The van der Waals surface area contributed by atoms with Crippen LogP contribution in [-0.4, -0.2) is 68.2 Å². The number of nitrogens with zero attached hydrogens (tertiary/aromatic N) is 7. The molecular formula is C32H36N8O2. The molecule has 10 heteroatoms. The average molecular weight is 565 g/mol. The van der Waals surface area contributed by atoms with E-state index in [0.29, 0.717) is 41.4 Å². The molecule has 1 aliphatic heterocycles. The average Bonchev–Trinajstić information content (AvgIpc) is 3.39. The van der Waals surface area contributed by atoms with Crippen LogP contribution in [0.1, 0.15) is 39.7 Å². The zero-order chi connectivity index (χ0) is 30.0. The van der Waals surface area contributed by atoms with E-state index < -0.39 is 5.54 Å². The number of aromatic nitrogens is 4. The number of fused-ring (bicyclic) bond motifs is 1. The third-order valence-corrected chi connectivity index (χ3v) is 8.36. The zero-order valence-corrected chi connectivity index (χ0v) is 24.7. The molecule has 1 fully saturated rings. The first kappa shape index (κ1) is 28.8. The maximum atomic E-state index is 13.7. The number of piperidine rings is 1. The van der Waals surface area contributed by atoms with Crippen molar-refractivity contribution in [1.82, 2.24) is 29.5 Å². The first-order chi connectivity index (χ1) is 20.1. The Morgan fingerprint density at radius 2 is 1.79 bits per heavy atom. The van der Waals surface area contributed by atoms with Gasteiger partial charge in [-0.2, -0.15) is 5.10 Å². The van der Waals surface area contributed by atoms with E-state index in [1.54, 1.807) is 4.90 Å². The van der Waals surface area contributed by atoms with E-state index in [9.17, 15) is 4.79 Å². The summed E-state index contributed by atoms with van der Waals surface area (Å²) in [4.78, 5) is 29.9. The predicted octanol–water partition coefficient (Wildman–Crippen LogP) is 5.56. The molecule has 0 saturated carbocycles. The van der Waals surface area contributed by atoms with E-state index in [1.165, 1.54) is 6.33 Å². The summed E-state index contributed by atoms with van der Waals surface area (Å²) >= 11 is 0. The highest BCUT2D eigenvalue weighted by Gasteiger charge is 2.34. The van der Waals surface area contributed by atoms with Gasteiger partial charge in [-0.25, -0.2) is 19.5 Å². The quantitative estimate of drug-likeness (QED) is 0.231. The molecule has 2 aromatic heterocycles. The van der Waals surface area contributed by atoms with E-state index in [2.05, 4.69) is 14.8 Å². The van der Waals surface area contributed by atoms with Crippen molar-refractivity contribution in [2.75, 3.05) is 32.9 Å². The summed E-state index contributed by atoms with van der Waals surface area (Å²) in [7, 11) is 3.90. The van der Waals surface area contributed by atoms with Gasteiger partial charge in [-0.1, -0.05) is 25.1 Å². The summed E-state index contributed by atoms with van der Waals surface area (Å²) in [5, 5.41) is 5.66. The maximum Gasteiger partial charge on any atom is 0.252 e. The Kier molecular flexibility index (Phi) is 7.96. The van der Waals surface area contributed by atoms with E-state index in [4.69, 9.17) is 22.1 Å². The third-order valence-electron chi connectivity index (χ3n) is 8.36. The summed E-state index contributed by atoms with van der Waals surface area (Å²) in [5.74, 6) is 1.55. The van der Waals surface area contributed by atoms with Crippen molar-refractivity contribution < 1.29 is 9.53 Å². The van der Waals surface area contributed by atoms with Gasteiger partial charge >= 0.3 is 0 Å². The summed E-state index contributed by atoms with van der Waals surface area (Å²) in [6.07, 6.45) is 3.03. The number of nitrogen functional groups attached to an aromatic ring is 1. The number of hydrogen-bond acceptors (Lipinski definition) is 7. The molecule has 1 saturated heterocycles. The first-order valence-corrected chi connectivity index (χ1v) is 14.0. The fourth-order valence-electron chi connectivity index (χ4n) is 5.16. The first-order valence-electron chi connectivity index (χ1n) is 14.0. The van der Waals surface area contributed by atoms with Crippen LogP contribution in [0.5, 0.6) is 11.5 Å². The second-order valence-corrected chi connectivity index (χ2v) is 11.3. The van der Waals surface area contributed by atoms with Gasteiger partial charge < -0.3 is 20.3 Å². The van der Waals surface area contributed by atoms with Crippen molar-refractivity contribution in [3.8, 4) is 22.8 Å². The molecule has 5 rings (SSSR count). The van der Waals surface area contributed by atoms with Crippen LogP contribution in [0.2, 0.25) is 0 Å². The van der Waals surface area contributed by atoms with Crippen LogP contribution >= 0.6 is 0 Å². The lowest BCUT2D eigenvalue weighted by Crippen LogP contribution is -2.44. The van der Waals surface area contributed by atoms with Gasteiger partial charge in [0, 0.05) is 24.2 Å². The van der Waals surface area contributed by atoms with Crippen LogP contribution in [0.15, 0.2) is 72.2 Å². The molecule has 3 heterocycles. The minimum absolute atomic E-state index is 0.136. The molecule has 0 unspecified atom stereocenters. The molecule has 42 heavy (non-hydrogen) atoms. The number of likely N-dealkylation sites (tertiary alicyclic amines) is 1. The molecule has 1 atom stereocenters. The van der Waals surface area contributed by atoms with Crippen LogP contribution in [0.3, 0.4) is 0 Å². The monoisotopic (exact) mass is 564 g/mol. The Morgan fingerprint density at radius 3 is 2.45 bits per heavy atom. The number of carbonyl (C=O) groups is 1. The lowest BCUT2D eigenvalue weighted by atomic mass is 9.91. The Balaban J connectivity index is 1.46. The standard InChI is InChI=1S/C32H36N8O2/c1-21(32(2,3)38(5)6)27(34-4)31(41)39-18-10-11-23(19-39)40-30-26(29(33)35-20-36-30)28(37-40)22-14-16-25(17-15-22)42-24-12-8-7-9-13-24/h7-9,12-17,20,23H,10-11,18-19H2,1-3,5-6H3,(H2,33,35,36)/b27-21-/t23-/m1/s1. The molecule has 0 spiro atoms. The highest BCUT2D eigenvalue weighted by Crippen LogP contribution is 2.35. The minimum atomic E-state index is -0.437. The normalized spacial score (nSPS) is 16.3. The lowest BCUT2D eigenvalue weighted by molar-refractivity contribution is -0.128. The molecule has 2 aromatic carbocycles. The Hall–Kier alpha value is -4.75. The number of likely N-dealkylation sites (N-methyl/N-ethyl adjacent to an activating group) is 1. The van der Waals surface area contributed by atoms with E-state index in [0.717, 1.165) is 29.7 Å². The van der Waals surface area contributed by atoms with Gasteiger partial charge in [0.2, 0.25) is 0 Å². The molecule has 0 radical (unpaired) electrons. The van der Waals surface area contributed by atoms with E-state index in [-0.39, 0.29) is 17.6 Å².